The third-order valence-electron chi connectivity index (χ3n) is 3.53. The smallest absolute Gasteiger partial charge is 0.223 e. The van der Waals surface area contributed by atoms with Crippen molar-refractivity contribution in [2.75, 3.05) is 18.4 Å². The van der Waals surface area contributed by atoms with Gasteiger partial charge < -0.3 is 10.6 Å². The van der Waals surface area contributed by atoms with E-state index in [2.05, 4.69) is 27.5 Å². The molecule has 1 aromatic heterocycles. The summed E-state index contributed by atoms with van der Waals surface area (Å²) in [6.07, 6.45) is 4.68. The van der Waals surface area contributed by atoms with Crippen molar-refractivity contribution in [2.24, 2.45) is 0 Å². The van der Waals surface area contributed by atoms with Crippen LogP contribution in [0.4, 0.5) is 5.95 Å². The summed E-state index contributed by atoms with van der Waals surface area (Å²) in [5, 5.41) is 6.77. The van der Waals surface area contributed by atoms with E-state index in [1.807, 2.05) is 0 Å². The van der Waals surface area contributed by atoms with Gasteiger partial charge in [-0.15, -0.1) is 0 Å². The molecule has 3 rings (SSSR count). The molecule has 0 spiro atoms. The highest BCUT2D eigenvalue weighted by atomic mass is 15.1. The topological polar surface area (TPSA) is 49.8 Å². The lowest BCUT2D eigenvalue weighted by atomic mass is 10.2. The van der Waals surface area contributed by atoms with E-state index in [1.165, 1.54) is 24.1 Å². The van der Waals surface area contributed by atoms with Gasteiger partial charge in [0.25, 0.3) is 0 Å². The predicted octanol–water partition coefficient (Wildman–Crippen LogP) is 1.05. The van der Waals surface area contributed by atoms with Gasteiger partial charge in [-0.3, -0.25) is 0 Å². The molecule has 1 aliphatic heterocycles. The Hall–Kier alpha value is -1.16. The number of rotatable bonds is 2. The Balaban J connectivity index is 1.82. The first-order valence-corrected chi connectivity index (χ1v) is 6.16. The van der Waals surface area contributed by atoms with Crippen LogP contribution in [-0.4, -0.2) is 29.1 Å². The molecule has 4 nitrogen and oxygen atoms in total. The predicted molar refractivity (Wildman–Crippen MR) is 63.7 cm³/mol. The molecule has 1 aliphatic carbocycles. The normalized spacial score (nSPS) is 23.4. The molecule has 2 heterocycles. The van der Waals surface area contributed by atoms with E-state index < -0.39 is 0 Å². The van der Waals surface area contributed by atoms with Crippen LogP contribution in [0.15, 0.2) is 0 Å². The fourth-order valence-electron chi connectivity index (χ4n) is 2.65. The standard InChI is InChI=1S/C12H18N4/c1-8-10-3-2-4-11(10)16-12(14-8)15-9-5-6-13-7-9/h9,13H,2-7H2,1H3,(H,14,15,16). The van der Waals surface area contributed by atoms with Gasteiger partial charge in [-0.05, 0) is 44.7 Å². The molecule has 1 unspecified atom stereocenters. The monoisotopic (exact) mass is 218 g/mol. The van der Waals surface area contributed by atoms with Crippen molar-refractivity contribution in [3.05, 3.63) is 17.0 Å². The number of fused-ring (bicyclic) bond motifs is 1. The minimum atomic E-state index is 0.499. The van der Waals surface area contributed by atoms with E-state index in [9.17, 15) is 0 Å². The lowest BCUT2D eigenvalue weighted by molar-refractivity contribution is 0.776. The van der Waals surface area contributed by atoms with Crippen molar-refractivity contribution in [1.82, 2.24) is 15.3 Å². The van der Waals surface area contributed by atoms with E-state index >= 15 is 0 Å². The second-order valence-electron chi connectivity index (χ2n) is 4.75. The highest BCUT2D eigenvalue weighted by Gasteiger charge is 2.19. The zero-order chi connectivity index (χ0) is 11.0. The number of anilines is 1. The lowest BCUT2D eigenvalue weighted by Crippen LogP contribution is -2.23. The van der Waals surface area contributed by atoms with Crippen LogP contribution < -0.4 is 10.6 Å². The van der Waals surface area contributed by atoms with Crippen molar-refractivity contribution in [3.63, 3.8) is 0 Å². The minimum absolute atomic E-state index is 0.499. The highest BCUT2D eigenvalue weighted by Crippen LogP contribution is 2.23. The van der Waals surface area contributed by atoms with Gasteiger partial charge in [0.1, 0.15) is 0 Å². The van der Waals surface area contributed by atoms with Gasteiger partial charge in [0.15, 0.2) is 0 Å². The van der Waals surface area contributed by atoms with Gasteiger partial charge in [0, 0.05) is 24.0 Å². The maximum absolute atomic E-state index is 4.63. The second-order valence-corrected chi connectivity index (χ2v) is 4.75. The molecule has 1 aromatic rings. The van der Waals surface area contributed by atoms with Gasteiger partial charge in [0.2, 0.25) is 5.95 Å². The van der Waals surface area contributed by atoms with Gasteiger partial charge in [0.05, 0.1) is 0 Å². The quantitative estimate of drug-likeness (QED) is 0.779. The van der Waals surface area contributed by atoms with E-state index in [4.69, 9.17) is 0 Å². The van der Waals surface area contributed by atoms with Crippen molar-refractivity contribution in [3.8, 4) is 0 Å². The summed E-state index contributed by atoms with van der Waals surface area (Å²) in [5.74, 6) is 0.826. The molecule has 2 N–H and O–H groups in total. The molecule has 2 aliphatic rings. The van der Waals surface area contributed by atoms with Gasteiger partial charge in [-0.25, -0.2) is 9.97 Å². The summed E-state index contributed by atoms with van der Waals surface area (Å²) >= 11 is 0. The number of nitrogens with one attached hydrogen (secondary N) is 2. The Morgan fingerprint density at radius 2 is 2.25 bits per heavy atom. The summed E-state index contributed by atoms with van der Waals surface area (Å²) in [5.41, 5.74) is 3.81. The van der Waals surface area contributed by atoms with Crippen LogP contribution in [0, 0.1) is 6.92 Å². The van der Waals surface area contributed by atoms with Crippen LogP contribution in [0.2, 0.25) is 0 Å². The van der Waals surface area contributed by atoms with Gasteiger partial charge in [-0.2, -0.15) is 0 Å². The molecule has 4 heteroatoms. The molecule has 1 fully saturated rings. The van der Waals surface area contributed by atoms with Crippen LogP contribution in [0.25, 0.3) is 0 Å². The lowest BCUT2D eigenvalue weighted by Gasteiger charge is -2.13. The van der Waals surface area contributed by atoms with E-state index in [0.29, 0.717) is 6.04 Å². The molecule has 1 atom stereocenters. The van der Waals surface area contributed by atoms with Crippen molar-refractivity contribution < 1.29 is 0 Å². The molecule has 0 aromatic carbocycles. The number of hydrogen-bond acceptors (Lipinski definition) is 4. The molecule has 16 heavy (non-hydrogen) atoms. The minimum Gasteiger partial charge on any atom is -0.350 e. The first-order valence-electron chi connectivity index (χ1n) is 6.16. The largest absolute Gasteiger partial charge is 0.350 e. The summed E-state index contributed by atoms with van der Waals surface area (Å²) in [7, 11) is 0. The zero-order valence-electron chi connectivity index (χ0n) is 9.71. The number of nitrogens with zero attached hydrogens (tertiary/aromatic N) is 2. The molecule has 86 valence electrons. The summed E-state index contributed by atoms with van der Waals surface area (Å²) < 4.78 is 0. The number of aromatic nitrogens is 2. The molecular formula is C12H18N4. The van der Waals surface area contributed by atoms with Gasteiger partial charge >= 0.3 is 0 Å². The van der Waals surface area contributed by atoms with Crippen LogP contribution in [-0.2, 0) is 12.8 Å². The Labute approximate surface area is 95.9 Å². The number of aryl methyl sites for hydroxylation is 2. The SMILES string of the molecule is Cc1nc(NC2CCNC2)nc2c1CCC2. The Kier molecular flexibility index (Phi) is 2.52. The first-order chi connectivity index (χ1) is 7.83. The van der Waals surface area contributed by atoms with E-state index in [-0.39, 0.29) is 0 Å². The van der Waals surface area contributed by atoms with Crippen LogP contribution >= 0.6 is 0 Å². The zero-order valence-corrected chi connectivity index (χ0v) is 9.71. The highest BCUT2D eigenvalue weighted by molar-refractivity contribution is 5.37. The van der Waals surface area contributed by atoms with Crippen molar-refractivity contribution in [2.45, 2.75) is 38.6 Å². The fourth-order valence-corrected chi connectivity index (χ4v) is 2.65. The number of hydrogen-bond donors (Lipinski definition) is 2. The maximum Gasteiger partial charge on any atom is 0.223 e. The third-order valence-corrected chi connectivity index (χ3v) is 3.53. The molecule has 0 bridgehead atoms. The first kappa shape index (κ1) is 10.0. The van der Waals surface area contributed by atoms with Gasteiger partial charge in [-0.1, -0.05) is 0 Å². The summed E-state index contributed by atoms with van der Waals surface area (Å²) in [6, 6.07) is 0.499. The maximum atomic E-state index is 4.63. The second kappa shape index (κ2) is 4.01. The molecular weight excluding hydrogens is 200 g/mol. The summed E-state index contributed by atoms with van der Waals surface area (Å²) in [4.78, 5) is 9.19. The molecule has 0 saturated carbocycles. The fraction of sp³-hybridized carbons (Fsp3) is 0.667. The molecule has 0 radical (unpaired) electrons. The average molecular weight is 218 g/mol. The Morgan fingerprint density at radius 3 is 3.06 bits per heavy atom. The summed E-state index contributed by atoms with van der Waals surface area (Å²) in [6.45, 7) is 4.23. The van der Waals surface area contributed by atoms with Crippen molar-refractivity contribution in [1.29, 1.82) is 0 Å². The average Bonchev–Trinajstić information content (AvgIpc) is 2.87. The Morgan fingerprint density at radius 1 is 1.31 bits per heavy atom. The van der Waals surface area contributed by atoms with E-state index in [0.717, 1.165) is 37.6 Å². The van der Waals surface area contributed by atoms with E-state index in [1.54, 1.807) is 0 Å². The van der Waals surface area contributed by atoms with Crippen LogP contribution in [0.5, 0.6) is 0 Å². The van der Waals surface area contributed by atoms with Crippen LogP contribution in [0.3, 0.4) is 0 Å². The van der Waals surface area contributed by atoms with Crippen LogP contribution in [0.1, 0.15) is 29.8 Å². The van der Waals surface area contributed by atoms with Crippen molar-refractivity contribution >= 4 is 5.95 Å². The Bertz CT molecular complexity index is 396. The third kappa shape index (κ3) is 1.78. The molecule has 1 saturated heterocycles. The molecule has 0 amide bonds.